The van der Waals surface area contributed by atoms with Gasteiger partial charge in [0.05, 0.1) is 25.4 Å². The van der Waals surface area contributed by atoms with Gasteiger partial charge in [0.1, 0.15) is 11.6 Å². The van der Waals surface area contributed by atoms with Crippen LogP contribution < -0.4 is 10.1 Å². The maximum Gasteiger partial charge on any atom is 0.262 e. The number of carbonyl (C=O) groups excluding carboxylic acids is 1. The van der Waals surface area contributed by atoms with Gasteiger partial charge >= 0.3 is 0 Å². The Hall–Kier alpha value is -3.67. The van der Waals surface area contributed by atoms with Gasteiger partial charge in [-0.3, -0.25) is 4.79 Å². The van der Waals surface area contributed by atoms with E-state index in [0.717, 1.165) is 22.6 Å². The molecule has 1 N–H and O–H groups in total. The van der Waals surface area contributed by atoms with Gasteiger partial charge in [0, 0.05) is 12.1 Å². The van der Waals surface area contributed by atoms with E-state index in [1.165, 1.54) is 12.1 Å². The zero-order valence-electron chi connectivity index (χ0n) is 16.6. The zero-order chi connectivity index (χ0) is 20.9. The monoisotopic (exact) mass is 403 g/mol. The molecule has 1 aliphatic heterocycles. The average Bonchev–Trinajstić information content (AvgIpc) is 3.25. The second kappa shape index (κ2) is 8.78. The fourth-order valence-electron chi connectivity index (χ4n) is 3.46. The molecule has 4 rings (SSSR count). The number of hydrogen-bond donors (Lipinski definition) is 1. The van der Waals surface area contributed by atoms with Crippen molar-refractivity contribution in [2.24, 2.45) is 5.10 Å². The first-order chi connectivity index (χ1) is 14.6. The van der Waals surface area contributed by atoms with Crippen molar-refractivity contribution in [3.63, 3.8) is 0 Å². The largest absolute Gasteiger partial charge is 0.497 e. The van der Waals surface area contributed by atoms with Crippen molar-refractivity contribution in [2.45, 2.75) is 12.5 Å². The Bertz CT molecular complexity index is 1030. The summed E-state index contributed by atoms with van der Waals surface area (Å²) in [4.78, 5) is 13.0. The third-order valence-electron chi connectivity index (χ3n) is 5.06. The van der Waals surface area contributed by atoms with Gasteiger partial charge < -0.3 is 10.1 Å². The van der Waals surface area contributed by atoms with Gasteiger partial charge in [-0.15, -0.1) is 0 Å². The van der Waals surface area contributed by atoms with Crippen LogP contribution in [0.3, 0.4) is 0 Å². The van der Waals surface area contributed by atoms with E-state index in [2.05, 4.69) is 10.4 Å². The van der Waals surface area contributed by atoms with E-state index >= 15 is 0 Å². The molecule has 1 heterocycles. The number of ether oxygens (including phenoxy) is 1. The second-order valence-corrected chi connectivity index (χ2v) is 7.00. The number of anilines is 1. The molecular weight excluding hydrogens is 381 g/mol. The summed E-state index contributed by atoms with van der Waals surface area (Å²) in [6.07, 6.45) is 0.624. The van der Waals surface area contributed by atoms with Gasteiger partial charge in [0.15, 0.2) is 0 Å². The fourth-order valence-corrected chi connectivity index (χ4v) is 3.46. The van der Waals surface area contributed by atoms with E-state index in [1.54, 1.807) is 24.3 Å². The lowest BCUT2D eigenvalue weighted by Crippen LogP contribution is -2.32. The van der Waals surface area contributed by atoms with E-state index in [9.17, 15) is 9.18 Å². The maximum atomic E-state index is 13.1. The second-order valence-electron chi connectivity index (χ2n) is 7.00. The van der Waals surface area contributed by atoms with Crippen LogP contribution in [0.2, 0.25) is 0 Å². The molecule has 0 saturated heterocycles. The molecule has 0 aromatic heterocycles. The number of hydrazone groups is 1. The van der Waals surface area contributed by atoms with E-state index in [0.29, 0.717) is 12.1 Å². The lowest BCUT2D eigenvalue weighted by atomic mass is 9.98. The van der Waals surface area contributed by atoms with E-state index in [4.69, 9.17) is 4.74 Å². The summed E-state index contributed by atoms with van der Waals surface area (Å²) in [6.45, 7) is 0.0594. The summed E-state index contributed by atoms with van der Waals surface area (Å²) in [5, 5.41) is 9.24. The van der Waals surface area contributed by atoms with Gasteiger partial charge in [0.25, 0.3) is 5.91 Å². The zero-order valence-corrected chi connectivity index (χ0v) is 16.6. The van der Waals surface area contributed by atoms with Gasteiger partial charge in [-0.2, -0.15) is 5.10 Å². The Labute approximate surface area is 174 Å². The number of rotatable bonds is 6. The molecule has 3 aromatic carbocycles. The number of benzene rings is 3. The minimum atomic E-state index is -0.317. The Kier molecular flexibility index (Phi) is 5.75. The molecule has 0 aliphatic carbocycles. The molecule has 0 radical (unpaired) electrons. The highest BCUT2D eigenvalue weighted by molar-refractivity contribution is 6.03. The maximum absolute atomic E-state index is 13.1. The van der Waals surface area contributed by atoms with Crippen molar-refractivity contribution in [1.29, 1.82) is 0 Å². The summed E-state index contributed by atoms with van der Waals surface area (Å²) in [6, 6.07) is 23.3. The fraction of sp³-hybridized carbons (Fsp3) is 0.167. The third-order valence-corrected chi connectivity index (χ3v) is 5.06. The number of carbonyl (C=O) groups is 1. The molecule has 0 bridgehead atoms. The van der Waals surface area contributed by atoms with Crippen LogP contribution >= 0.6 is 0 Å². The lowest BCUT2D eigenvalue weighted by Gasteiger charge is -2.22. The molecule has 3 aromatic rings. The van der Waals surface area contributed by atoms with Crippen LogP contribution in [0.4, 0.5) is 10.1 Å². The van der Waals surface area contributed by atoms with Crippen molar-refractivity contribution >= 4 is 17.3 Å². The molecule has 1 unspecified atom stereocenters. The van der Waals surface area contributed by atoms with Gasteiger partial charge in [0.2, 0.25) is 0 Å². The first kappa shape index (κ1) is 19.6. The number of methoxy groups -OCH3 is 1. The van der Waals surface area contributed by atoms with E-state index in [-0.39, 0.29) is 24.3 Å². The average molecular weight is 403 g/mol. The number of amides is 1. The van der Waals surface area contributed by atoms with Gasteiger partial charge in [-0.25, -0.2) is 9.40 Å². The molecule has 1 atom stereocenters. The summed E-state index contributed by atoms with van der Waals surface area (Å²) < 4.78 is 18.3. The van der Waals surface area contributed by atoms with Crippen LogP contribution in [-0.2, 0) is 4.79 Å². The summed E-state index contributed by atoms with van der Waals surface area (Å²) in [7, 11) is 1.62. The molecule has 30 heavy (non-hydrogen) atoms. The smallest absolute Gasteiger partial charge is 0.262 e. The van der Waals surface area contributed by atoms with E-state index < -0.39 is 0 Å². The Morgan fingerprint density at radius 3 is 2.43 bits per heavy atom. The Morgan fingerprint density at radius 1 is 1.07 bits per heavy atom. The first-order valence-corrected chi connectivity index (χ1v) is 9.72. The predicted octanol–water partition coefficient (Wildman–Crippen LogP) is 4.62. The molecule has 1 aliphatic rings. The molecule has 0 fully saturated rings. The third kappa shape index (κ3) is 4.33. The van der Waals surface area contributed by atoms with Crippen LogP contribution in [0, 0.1) is 5.82 Å². The van der Waals surface area contributed by atoms with Crippen molar-refractivity contribution in [3.05, 3.63) is 95.8 Å². The van der Waals surface area contributed by atoms with Crippen LogP contribution in [-0.4, -0.2) is 30.3 Å². The van der Waals surface area contributed by atoms with Gasteiger partial charge in [-0.1, -0.05) is 42.5 Å². The minimum absolute atomic E-state index is 0.0594. The summed E-state index contributed by atoms with van der Waals surface area (Å²) >= 11 is 0. The quantitative estimate of drug-likeness (QED) is 0.653. The molecule has 6 heteroatoms. The molecule has 5 nitrogen and oxygen atoms in total. The summed E-state index contributed by atoms with van der Waals surface area (Å²) in [5.41, 5.74) is 3.53. The lowest BCUT2D eigenvalue weighted by molar-refractivity contribution is -0.131. The SMILES string of the molecule is COc1ccc(C2CC(c3ccccc3)=NN2C(=O)CNc2ccc(F)cc2)cc1. The standard InChI is InChI=1S/C24H22FN3O2/c1-30-21-13-7-18(8-14-21)23-15-22(17-5-3-2-4-6-17)27-28(23)24(29)16-26-20-11-9-19(25)10-12-20/h2-14,23,26H,15-16H2,1H3. The van der Waals surface area contributed by atoms with Crippen molar-refractivity contribution < 1.29 is 13.9 Å². The topological polar surface area (TPSA) is 53.9 Å². The van der Waals surface area contributed by atoms with Crippen molar-refractivity contribution in [3.8, 4) is 5.75 Å². The van der Waals surface area contributed by atoms with Crippen LogP contribution in [0.25, 0.3) is 0 Å². The van der Waals surface area contributed by atoms with Crippen LogP contribution in [0.5, 0.6) is 5.75 Å². The molecule has 1 amide bonds. The van der Waals surface area contributed by atoms with Crippen LogP contribution in [0.1, 0.15) is 23.6 Å². The Morgan fingerprint density at radius 2 is 1.77 bits per heavy atom. The number of halogens is 1. The highest BCUT2D eigenvalue weighted by Crippen LogP contribution is 2.33. The first-order valence-electron chi connectivity index (χ1n) is 9.72. The molecular formula is C24H22FN3O2. The normalized spacial score (nSPS) is 15.6. The molecule has 0 saturated carbocycles. The minimum Gasteiger partial charge on any atom is -0.497 e. The molecule has 0 spiro atoms. The van der Waals surface area contributed by atoms with E-state index in [1.807, 2.05) is 54.6 Å². The Balaban J connectivity index is 1.56. The van der Waals surface area contributed by atoms with Crippen molar-refractivity contribution in [1.82, 2.24) is 5.01 Å². The molecule has 152 valence electrons. The highest BCUT2D eigenvalue weighted by atomic mass is 19.1. The van der Waals surface area contributed by atoms with Gasteiger partial charge in [-0.05, 0) is 47.5 Å². The predicted molar refractivity (Wildman–Crippen MR) is 115 cm³/mol. The number of nitrogens with one attached hydrogen (secondary N) is 1. The number of nitrogens with zero attached hydrogens (tertiary/aromatic N) is 2. The summed E-state index contributed by atoms with van der Waals surface area (Å²) in [5.74, 6) is 0.283. The van der Waals surface area contributed by atoms with Crippen molar-refractivity contribution in [2.75, 3.05) is 19.0 Å². The number of hydrogen-bond acceptors (Lipinski definition) is 4. The van der Waals surface area contributed by atoms with Crippen LogP contribution in [0.15, 0.2) is 84.0 Å². The highest BCUT2D eigenvalue weighted by Gasteiger charge is 2.32.